The highest BCUT2D eigenvalue weighted by Gasteiger charge is 2.20. The van der Waals surface area contributed by atoms with Gasteiger partial charge in [0.2, 0.25) is 5.91 Å². The van der Waals surface area contributed by atoms with Crippen molar-refractivity contribution >= 4 is 46.6 Å². The number of amides is 1. The summed E-state index contributed by atoms with van der Waals surface area (Å²) < 4.78 is 1.86. The van der Waals surface area contributed by atoms with Crippen LogP contribution < -0.4 is 5.32 Å². The zero-order valence-electron chi connectivity index (χ0n) is 17.8. The number of nitrogens with one attached hydrogen (secondary N) is 1. The van der Waals surface area contributed by atoms with Gasteiger partial charge in [0.1, 0.15) is 5.75 Å². The molecule has 1 heterocycles. The van der Waals surface area contributed by atoms with Crippen LogP contribution in [0.2, 0.25) is 10.0 Å². The van der Waals surface area contributed by atoms with Crippen molar-refractivity contribution in [3.8, 4) is 22.8 Å². The van der Waals surface area contributed by atoms with Crippen molar-refractivity contribution < 1.29 is 9.90 Å². The molecule has 1 amide bonds. The summed E-state index contributed by atoms with van der Waals surface area (Å²) in [5.74, 6) is 0.400. The van der Waals surface area contributed by atoms with Crippen molar-refractivity contribution in [2.45, 2.75) is 19.0 Å². The molecule has 0 saturated heterocycles. The first-order valence-electron chi connectivity index (χ1n) is 10.0. The molecule has 4 aromatic rings. The van der Waals surface area contributed by atoms with E-state index in [0.29, 0.717) is 27.3 Å². The van der Waals surface area contributed by atoms with Crippen LogP contribution in [-0.4, -0.2) is 31.5 Å². The van der Waals surface area contributed by atoms with E-state index in [1.807, 2.05) is 36.6 Å². The number of rotatable bonds is 6. The molecular formula is C24H20Cl2N4O2S. The Morgan fingerprint density at radius 1 is 1.06 bits per heavy atom. The average Bonchev–Trinajstić information content (AvgIpc) is 3.19. The molecule has 2 N–H and O–H groups in total. The molecule has 168 valence electrons. The second-order valence-corrected chi connectivity index (χ2v) is 9.11. The zero-order chi connectivity index (χ0) is 23.5. The monoisotopic (exact) mass is 498 g/mol. The minimum atomic E-state index is -0.261. The predicted molar refractivity (Wildman–Crippen MR) is 134 cm³/mol. The molecule has 0 fully saturated rings. The predicted octanol–water partition coefficient (Wildman–Crippen LogP) is 6.29. The molecule has 0 aliphatic heterocycles. The maximum Gasteiger partial charge on any atom is 0.234 e. The molecule has 6 nitrogen and oxygen atoms in total. The normalized spacial score (nSPS) is 10.9. The Kier molecular flexibility index (Phi) is 6.93. The first kappa shape index (κ1) is 23.2. The van der Waals surface area contributed by atoms with Gasteiger partial charge in [-0.2, -0.15) is 0 Å². The summed E-state index contributed by atoms with van der Waals surface area (Å²) in [5.41, 5.74) is 4.00. The molecule has 1 aromatic heterocycles. The average molecular weight is 499 g/mol. The lowest BCUT2D eigenvalue weighted by Crippen LogP contribution is -2.15. The summed E-state index contributed by atoms with van der Waals surface area (Å²) in [5, 5.41) is 23.0. The van der Waals surface area contributed by atoms with Crippen molar-refractivity contribution in [2.24, 2.45) is 0 Å². The van der Waals surface area contributed by atoms with Crippen LogP contribution in [0.25, 0.3) is 17.1 Å². The Morgan fingerprint density at radius 3 is 2.61 bits per heavy atom. The lowest BCUT2D eigenvalue weighted by atomic mass is 10.1. The van der Waals surface area contributed by atoms with Gasteiger partial charge in [0.25, 0.3) is 0 Å². The van der Waals surface area contributed by atoms with E-state index in [9.17, 15) is 9.90 Å². The minimum Gasteiger partial charge on any atom is -0.507 e. The third-order valence-corrected chi connectivity index (χ3v) is 6.68. The molecule has 3 aromatic carbocycles. The standard InChI is InChI=1S/C24H20Cl2N4O2S/c1-14-10-11-19(15(2)12-14)30-23(16-6-3-4-9-20(16)31)28-29-24(30)33-13-21(32)27-18-8-5-7-17(25)22(18)26/h3-12,31H,13H2,1-2H3,(H,27,32). The van der Waals surface area contributed by atoms with E-state index >= 15 is 0 Å². The number of aromatic nitrogens is 3. The highest BCUT2D eigenvalue weighted by molar-refractivity contribution is 7.99. The SMILES string of the molecule is Cc1ccc(-n2c(SCC(=O)Nc3cccc(Cl)c3Cl)nnc2-c2ccccc2O)c(C)c1. The Labute approximate surface area is 205 Å². The van der Waals surface area contributed by atoms with E-state index < -0.39 is 0 Å². The number of aryl methyl sites for hydroxylation is 2. The van der Waals surface area contributed by atoms with Gasteiger partial charge >= 0.3 is 0 Å². The number of nitrogens with zero attached hydrogens (tertiary/aromatic N) is 3. The number of phenols is 1. The van der Waals surface area contributed by atoms with E-state index in [1.165, 1.54) is 11.8 Å². The van der Waals surface area contributed by atoms with Crippen molar-refractivity contribution in [3.05, 3.63) is 81.8 Å². The fraction of sp³-hybridized carbons (Fsp3) is 0.125. The molecule has 33 heavy (non-hydrogen) atoms. The van der Waals surface area contributed by atoms with E-state index in [-0.39, 0.29) is 22.4 Å². The second kappa shape index (κ2) is 9.87. The summed E-state index contributed by atoms with van der Waals surface area (Å²) in [6.45, 7) is 4.02. The fourth-order valence-electron chi connectivity index (χ4n) is 3.39. The van der Waals surface area contributed by atoms with Crippen LogP contribution >= 0.6 is 35.0 Å². The van der Waals surface area contributed by atoms with E-state index in [1.54, 1.807) is 36.4 Å². The third kappa shape index (κ3) is 5.00. The smallest absolute Gasteiger partial charge is 0.234 e. The number of para-hydroxylation sites is 1. The largest absolute Gasteiger partial charge is 0.507 e. The molecule has 0 saturated carbocycles. The number of halogens is 2. The quantitative estimate of drug-likeness (QED) is 0.305. The van der Waals surface area contributed by atoms with Gasteiger partial charge in [-0.05, 0) is 49.7 Å². The van der Waals surface area contributed by atoms with Crippen LogP contribution in [0.15, 0.2) is 65.8 Å². The number of carbonyl (C=O) groups excluding carboxylic acids is 1. The number of phenolic OH excluding ortho intramolecular Hbond substituents is 1. The Morgan fingerprint density at radius 2 is 1.85 bits per heavy atom. The number of benzene rings is 3. The van der Waals surface area contributed by atoms with Gasteiger partial charge in [-0.1, -0.05) is 70.9 Å². The second-order valence-electron chi connectivity index (χ2n) is 7.39. The highest BCUT2D eigenvalue weighted by atomic mass is 35.5. The van der Waals surface area contributed by atoms with Gasteiger partial charge in [0, 0.05) is 0 Å². The number of hydrogen-bond acceptors (Lipinski definition) is 5. The number of anilines is 1. The van der Waals surface area contributed by atoms with Crippen LogP contribution in [0.4, 0.5) is 5.69 Å². The van der Waals surface area contributed by atoms with Crippen LogP contribution in [0, 0.1) is 13.8 Å². The molecule has 0 atom stereocenters. The first-order chi connectivity index (χ1) is 15.8. The number of aromatic hydroxyl groups is 1. The molecule has 0 aliphatic carbocycles. The summed E-state index contributed by atoms with van der Waals surface area (Å²) in [6.07, 6.45) is 0. The summed E-state index contributed by atoms with van der Waals surface area (Å²) in [6, 6.07) is 18.0. The van der Waals surface area contributed by atoms with Crippen molar-refractivity contribution in [3.63, 3.8) is 0 Å². The van der Waals surface area contributed by atoms with Gasteiger partial charge < -0.3 is 10.4 Å². The maximum atomic E-state index is 12.6. The maximum absolute atomic E-state index is 12.6. The lowest BCUT2D eigenvalue weighted by Gasteiger charge is -2.14. The fourth-order valence-corrected chi connectivity index (χ4v) is 4.48. The first-order valence-corrected chi connectivity index (χ1v) is 11.8. The van der Waals surface area contributed by atoms with Crippen LogP contribution in [0.3, 0.4) is 0 Å². The molecule has 0 radical (unpaired) electrons. The summed E-state index contributed by atoms with van der Waals surface area (Å²) in [7, 11) is 0. The van der Waals surface area contributed by atoms with E-state index in [2.05, 4.69) is 21.6 Å². The molecular weight excluding hydrogens is 479 g/mol. The number of hydrogen-bond donors (Lipinski definition) is 2. The van der Waals surface area contributed by atoms with E-state index in [4.69, 9.17) is 23.2 Å². The molecule has 0 bridgehead atoms. The topological polar surface area (TPSA) is 80.0 Å². The molecule has 4 rings (SSSR count). The Hall–Kier alpha value is -3.00. The van der Waals surface area contributed by atoms with Crippen molar-refractivity contribution in [1.29, 1.82) is 0 Å². The van der Waals surface area contributed by atoms with Crippen LogP contribution in [-0.2, 0) is 4.79 Å². The summed E-state index contributed by atoms with van der Waals surface area (Å²) in [4.78, 5) is 12.6. The van der Waals surface area contributed by atoms with Crippen LogP contribution in [0.5, 0.6) is 5.75 Å². The van der Waals surface area contributed by atoms with Gasteiger partial charge in [-0.25, -0.2) is 0 Å². The third-order valence-electron chi connectivity index (χ3n) is 4.93. The highest BCUT2D eigenvalue weighted by Crippen LogP contribution is 2.34. The lowest BCUT2D eigenvalue weighted by molar-refractivity contribution is -0.113. The van der Waals surface area contributed by atoms with Gasteiger partial charge in [-0.3, -0.25) is 9.36 Å². The molecule has 0 aliphatic rings. The Balaban J connectivity index is 1.66. The van der Waals surface area contributed by atoms with Gasteiger partial charge in [0.05, 0.1) is 32.7 Å². The number of carbonyl (C=O) groups is 1. The van der Waals surface area contributed by atoms with E-state index in [0.717, 1.165) is 16.8 Å². The minimum absolute atomic E-state index is 0.0760. The van der Waals surface area contributed by atoms with Crippen molar-refractivity contribution in [1.82, 2.24) is 14.8 Å². The zero-order valence-corrected chi connectivity index (χ0v) is 20.2. The van der Waals surface area contributed by atoms with Crippen molar-refractivity contribution in [2.75, 3.05) is 11.1 Å². The van der Waals surface area contributed by atoms with Gasteiger partial charge in [0.15, 0.2) is 11.0 Å². The summed E-state index contributed by atoms with van der Waals surface area (Å²) >= 11 is 13.4. The number of thioether (sulfide) groups is 1. The van der Waals surface area contributed by atoms with Gasteiger partial charge in [-0.15, -0.1) is 10.2 Å². The van der Waals surface area contributed by atoms with Crippen LogP contribution in [0.1, 0.15) is 11.1 Å². The molecule has 0 spiro atoms. The Bertz CT molecular complexity index is 1340. The molecule has 0 unspecified atom stereocenters. The molecule has 9 heteroatoms.